The van der Waals surface area contributed by atoms with Crippen molar-refractivity contribution in [3.63, 3.8) is 0 Å². The Balaban J connectivity index is 1.61. The summed E-state index contributed by atoms with van der Waals surface area (Å²) in [5.41, 5.74) is 0. The van der Waals surface area contributed by atoms with Gasteiger partial charge in [0.15, 0.2) is 5.82 Å². The van der Waals surface area contributed by atoms with Crippen molar-refractivity contribution in [2.24, 2.45) is 5.92 Å². The van der Waals surface area contributed by atoms with Gasteiger partial charge in [-0.05, 0) is 26.2 Å². The first-order valence-electron chi connectivity index (χ1n) is 8.39. The molecule has 0 aliphatic carbocycles. The summed E-state index contributed by atoms with van der Waals surface area (Å²) in [6.07, 6.45) is 7.25. The number of piperidine rings is 1. The second-order valence-electron chi connectivity index (χ2n) is 6.15. The highest BCUT2D eigenvalue weighted by Gasteiger charge is 2.26. The molecule has 8 heteroatoms. The Labute approximate surface area is 141 Å². The van der Waals surface area contributed by atoms with E-state index in [9.17, 15) is 4.79 Å². The number of amides is 1. The smallest absolute Gasteiger partial charge is 0.223 e. The number of hydrogen-bond donors (Lipinski definition) is 1. The van der Waals surface area contributed by atoms with E-state index < -0.39 is 0 Å². The molecule has 8 nitrogen and oxygen atoms in total. The number of nitrogens with zero attached hydrogens (tertiary/aromatic N) is 6. The van der Waals surface area contributed by atoms with Crippen molar-refractivity contribution in [2.45, 2.75) is 39.2 Å². The molecule has 3 heterocycles. The highest BCUT2D eigenvalue weighted by atomic mass is 16.1. The Morgan fingerprint density at radius 3 is 2.71 bits per heavy atom. The maximum Gasteiger partial charge on any atom is 0.223 e. The lowest BCUT2D eigenvalue weighted by molar-refractivity contribution is -0.126. The van der Waals surface area contributed by atoms with E-state index in [1.165, 1.54) is 12.7 Å². The molecule has 0 bridgehead atoms. The molecule has 1 saturated heterocycles. The van der Waals surface area contributed by atoms with Gasteiger partial charge in [-0.15, -0.1) is 0 Å². The van der Waals surface area contributed by atoms with E-state index in [4.69, 9.17) is 0 Å². The lowest BCUT2D eigenvalue weighted by Crippen LogP contribution is -2.43. The Bertz CT molecular complexity index is 665. The van der Waals surface area contributed by atoms with Gasteiger partial charge in [0.05, 0.1) is 0 Å². The molecule has 0 aromatic carbocycles. The molecule has 1 unspecified atom stereocenters. The van der Waals surface area contributed by atoms with Crippen LogP contribution in [0.3, 0.4) is 0 Å². The molecule has 3 rings (SSSR count). The van der Waals surface area contributed by atoms with E-state index in [1.807, 2.05) is 13.0 Å². The number of rotatable bonds is 5. The molecule has 2 aromatic rings. The molecule has 128 valence electrons. The summed E-state index contributed by atoms with van der Waals surface area (Å²) in [4.78, 5) is 26.9. The fourth-order valence-corrected chi connectivity index (χ4v) is 2.80. The monoisotopic (exact) mass is 329 g/mol. The van der Waals surface area contributed by atoms with Gasteiger partial charge in [0, 0.05) is 31.1 Å². The third-order valence-corrected chi connectivity index (χ3v) is 4.48. The average Bonchev–Trinajstić information content (AvgIpc) is 3.16. The summed E-state index contributed by atoms with van der Waals surface area (Å²) in [6, 6.07) is 2.14. The highest BCUT2D eigenvalue weighted by Crippen LogP contribution is 2.22. The van der Waals surface area contributed by atoms with Crippen molar-refractivity contribution in [2.75, 3.05) is 18.0 Å². The lowest BCUT2D eigenvalue weighted by Gasteiger charge is -2.32. The van der Waals surface area contributed by atoms with Crippen LogP contribution in [0.15, 0.2) is 25.0 Å². The molecule has 1 fully saturated rings. The molecule has 1 N–H and O–H groups in total. The van der Waals surface area contributed by atoms with Gasteiger partial charge >= 0.3 is 0 Å². The Morgan fingerprint density at radius 1 is 1.29 bits per heavy atom. The van der Waals surface area contributed by atoms with Crippen molar-refractivity contribution in [1.29, 1.82) is 0 Å². The van der Waals surface area contributed by atoms with Crippen LogP contribution in [-0.2, 0) is 4.79 Å². The topological polar surface area (TPSA) is 88.8 Å². The van der Waals surface area contributed by atoms with E-state index in [1.54, 1.807) is 11.0 Å². The van der Waals surface area contributed by atoms with Gasteiger partial charge in [0.25, 0.3) is 0 Å². The van der Waals surface area contributed by atoms with Gasteiger partial charge in [-0.25, -0.2) is 19.6 Å². The summed E-state index contributed by atoms with van der Waals surface area (Å²) in [7, 11) is 0. The van der Waals surface area contributed by atoms with Crippen LogP contribution in [0, 0.1) is 5.92 Å². The van der Waals surface area contributed by atoms with Crippen LogP contribution in [0.5, 0.6) is 0 Å². The number of nitrogens with one attached hydrogen (secondary N) is 1. The average molecular weight is 329 g/mol. The molecule has 1 aliphatic rings. The summed E-state index contributed by atoms with van der Waals surface area (Å²) in [5.74, 6) is 1.81. The van der Waals surface area contributed by atoms with E-state index in [0.717, 1.165) is 38.2 Å². The first-order valence-corrected chi connectivity index (χ1v) is 8.39. The van der Waals surface area contributed by atoms with Crippen LogP contribution in [0.2, 0.25) is 0 Å². The summed E-state index contributed by atoms with van der Waals surface area (Å²) >= 11 is 0. The quantitative estimate of drug-likeness (QED) is 0.886. The minimum absolute atomic E-state index is 0.0897. The Morgan fingerprint density at radius 2 is 2.04 bits per heavy atom. The van der Waals surface area contributed by atoms with Crippen LogP contribution in [-0.4, -0.2) is 49.8 Å². The van der Waals surface area contributed by atoms with Gasteiger partial charge in [0.1, 0.15) is 24.8 Å². The van der Waals surface area contributed by atoms with Crippen LogP contribution in [0.25, 0.3) is 5.82 Å². The van der Waals surface area contributed by atoms with E-state index >= 15 is 0 Å². The number of carbonyl (C=O) groups excluding carboxylic acids is 1. The summed E-state index contributed by atoms with van der Waals surface area (Å²) in [6.45, 7) is 5.74. The van der Waals surface area contributed by atoms with Gasteiger partial charge in [0.2, 0.25) is 5.91 Å². The van der Waals surface area contributed by atoms with E-state index in [0.29, 0.717) is 5.82 Å². The lowest BCUT2D eigenvalue weighted by atomic mass is 9.95. The molecular formula is C16H23N7O. The number of aromatic nitrogens is 5. The van der Waals surface area contributed by atoms with Crippen LogP contribution in [0.4, 0.5) is 5.82 Å². The van der Waals surface area contributed by atoms with Gasteiger partial charge in [-0.2, -0.15) is 5.10 Å². The van der Waals surface area contributed by atoms with Crippen molar-refractivity contribution in [3.8, 4) is 5.82 Å². The Kier molecular flexibility index (Phi) is 5.02. The minimum Gasteiger partial charge on any atom is -0.356 e. The maximum atomic E-state index is 12.2. The van der Waals surface area contributed by atoms with Gasteiger partial charge in [-0.1, -0.05) is 6.92 Å². The first kappa shape index (κ1) is 16.4. The van der Waals surface area contributed by atoms with Crippen LogP contribution >= 0.6 is 0 Å². The molecule has 2 aromatic heterocycles. The third kappa shape index (κ3) is 3.69. The number of anilines is 1. The molecule has 0 radical (unpaired) electrons. The van der Waals surface area contributed by atoms with Gasteiger partial charge < -0.3 is 10.2 Å². The Hall–Kier alpha value is -2.51. The van der Waals surface area contributed by atoms with Crippen LogP contribution in [0.1, 0.15) is 33.1 Å². The highest BCUT2D eigenvalue weighted by molar-refractivity contribution is 5.79. The summed E-state index contributed by atoms with van der Waals surface area (Å²) < 4.78 is 1.61. The second-order valence-corrected chi connectivity index (χ2v) is 6.15. The normalized spacial score (nSPS) is 16.8. The van der Waals surface area contributed by atoms with Crippen molar-refractivity contribution < 1.29 is 4.79 Å². The van der Waals surface area contributed by atoms with Gasteiger partial charge in [-0.3, -0.25) is 4.79 Å². The zero-order valence-corrected chi connectivity index (χ0v) is 14.1. The standard InChI is InChI=1S/C16H23N7O/c1-3-12(2)21-16(24)13-4-6-22(7-5-13)14-8-15(19-10-18-14)23-11-17-9-20-23/h8-13H,3-7H2,1-2H3,(H,21,24). The molecule has 0 saturated carbocycles. The molecule has 1 aliphatic heterocycles. The van der Waals surface area contributed by atoms with Crippen molar-refractivity contribution in [3.05, 3.63) is 25.0 Å². The van der Waals surface area contributed by atoms with Crippen LogP contribution < -0.4 is 10.2 Å². The molecule has 1 atom stereocenters. The van der Waals surface area contributed by atoms with E-state index in [2.05, 4.69) is 37.2 Å². The predicted molar refractivity (Wildman–Crippen MR) is 89.8 cm³/mol. The minimum atomic E-state index is 0.0897. The fraction of sp³-hybridized carbons (Fsp3) is 0.562. The molecule has 1 amide bonds. The maximum absolute atomic E-state index is 12.2. The number of hydrogen-bond acceptors (Lipinski definition) is 6. The molecule has 0 spiro atoms. The SMILES string of the molecule is CCC(C)NC(=O)C1CCN(c2cc(-n3cncn3)ncn2)CC1. The second kappa shape index (κ2) is 7.37. The van der Waals surface area contributed by atoms with Crippen molar-refractivity contribution in [1.82, 2.24) is 30.0 Å². The first-order chi connectivity index (χ1) is 11.7. The zero-order chi connectivity index (χ0) is 16.9. The third-order valence-electron chi connectivity index (χ3n) is 4.48. The predicted octanol–water partition coefficient (Wildman–Crippen LogP) is 1.19. The summed E-state index contributed by atoms with van der Waals surface area (Å²) in [5, 5.41) is 7.17. The largest absolute Gasteiger partial charge is 0.356 e. The molecular weight excluding hydrogens is 306 g/mol. The zero-order valence-electron chi connectivity index (χ0n) is 14.1. The van der Waals surface area contributed by atoms with E-state index in [-0.39, 0.29) is 17.9 Å². The molecule has 24 heavy (non-hydrogen) atoms. The number of carbonyl (C=O) groups is 1. The fourth-order valence-electron chi connectivity index (χ4n) is 2.80. The van der Waals surface area contributed by atoms with Crippen molar-refractivity contribution >= 4 is 11.7 Å².